The van der Waals surface area contributed by atoms with Crippen LogP contribution in [0.4, 0.5) is 4.39 Å². The Morgan fingerprint density at radius 3 is 2.48 bits per heavy atom. The molecule has 2 rings (SSSR count). The van der Waals surface area contributed by atoms with E-state index in [1.165, 1.54) is 0 Å². The first-order valence-electron chi connectivity index (χ1n) is 6.22. The zero-order valence-electron chi connectivity index (χ0n) is 11.2. The van der Waals surface area contributed by atoms with Crippen molar-refractivity contribution in [2.75, 3.05) is 12.8 Å². The molecule has 0 aromatic heterocycles. The summed E-state index contributed by atoms with van der Waals surface area (Å²) >= 11 is 16.7. The molecule has 0 aliphatic rings. The van der Waals surface area contributed by atoms with Crippen LogP contribution in [0.5, 0.6) is 0 Å². The molecule has 1 nitrogen and oxygen atoms in total. The van der Waals surface area contributed by atoms with Gasteiger partial charge in [0.05, 0.1) is 5.02 Å². The van der Waals surface area contributed by atoms with E-state index in [1.807, 2.05) is 31.3 Å². The van der Waals surface area contributed by atoms with Crippen LogP contribution in [-0.2, 0) is 0 Å². The lowest BCUT2D eigenvalue weighted by atomic mass is 10.1. The minimum atomic E-state index is -0.387. The third-order valence-electron chi connectivity index (χ3n) is 3.02. The molecule has 6 heteroatoms. The maximum absolute atomic E-state index is 14.2. The molecule has 1 N–H and O–H groups in total. The highest BCUT2D eigenvalue weighted by molar-refractivity contribution is 9.10. The summed E-state index contributed by atoms with van der Waals surface area (Å²) < 4.78 is 14.8. The summed E-state index contributed by atoms with van der Waals surface area (Å²) in [4.78, 5) is 1.09. The molecule has 0 heterocycles. The Balaban J connectivity index is 2.13. The van der Waals surface area contributed by atoms with Crippen molar-refractivity contribution >= 4 is 50.9 Å². The van der Waals surface area contributed by atoms with E-state index in [2.05, 4.69) is 21.2 Å². The Hall–Kier alpha value is -0.260. The van der Waals surface area contributed by atoms with Gasteiger partial charge in [-0.15, -0.1) is 11.8 Å². The topological polar surface area (TPSA) is 12.0 Å². The maximum Gasteiger partial charge on any atom is 0.147 e. The quantitative estimate of drug-likeness (QED) is 0.484. The zero-order chi connectivity index (χ0) is 15.4. The van der Waals surface area contributed by atoms with E-state index in [4.69, 9.17) is 23.2 Å². The molecule has 0 saturated heterocycles. The molecule has 21 heavy (non-hydrogen) atoms. The Morgan fingerprint density at radius 2 is 1.86 bits per heavy atom. The number of thioether (sulfide) groups is 1. The van der Waals surface area contributed by atoms with Crippen LogP contribution >= 0.6 is 50.9 Å². The van der Waals surface area contributed by atoms with Gasteiger partial charge in [0.25, 0.3) is 0 Å². The molecule has 1 unspecified atom stereocenters. The molecular weight excluding hydrogens is 396 g/mol. The van der Waals surface area contributed by atoms with Crippen molar-refractivity contribution in [2.45, 2.75) is 10.9 Å². The second-order valence-corrected chi connectivity index (χ2v) is 7.13. The van der Waals surface area contributed by atoms with Crippen molar-refractivity contribution in [3.63, 3.8) is 0 Å². The fourth-order valence-electron chi connectivity index (χ4n) is 1.85. The van der Waals surface area contributed by atoms with Gasteiger partial charge in [0, 0.05) is 31.7 Å². The summed E-state index contributed by atoms with van der Waals surface area (Å²) in [7, 11) is 1.81. The van der Waals surface area contributed by atoms with E-state index < -0.39 is 0 Å². The largest absolute Gasteiger partial charge is 0.312 e. The van der Waals surface area contributed by atoms with Crippen molar-refractivity contribution < 1.29 is 4.39 Å². The number of benzene rings is 2. The van der Waals surface area contributed by atoms with E-state index in [0.29, 0.717) is 20.8 Å². The van der Waals surface area contributed by atoms with E-state index in [0.717, 1.165) is 4.90 Å². The molecule has 0 aliphatic heterocycles. The third-order valence-corrected chi connectivity index (χ3v) is 5.64. The molecule has 0 aliphatic carbocycles. The molecular formula is C15H13BrCl2FNS. The van der Waals surface area contributed by atoms with Crippen LogP contribution in [0.3, 0.4) is 0 Å². The van der Waals surface area contributed by atoms with Crippen LogP contribution in [0.25, 0.3) is 0 Å². The Bertz CT molecular complexity index is 622. The number of halogens is 4. The van der Waals surface area contributed by atoms with Gasteiger partial charge in [-0.2, -0.15) is 0 Å². The van der Waals surface area contributed by atoms with Crippen molar-refractivity contribution in [1.82, 2.24) is 5.32 Å². The van der Waals surface area contributed by atoms with Crippen molar-refractivity contribution in [1.29, 1.82) is 0 Å². The van der Waals surface area contributed by atoms with Crippen LogP contribution in [0.15, 0.2) is 45.8 Å². The Labute approximate surface area is 146 Å². The van der Waals surface area contributed by atoms with Gasteiger partial charge in [0.2, 0.25) is 0 Å². The first kappa shape index (κ1) is 17.1. The predicted molar refractivity (Wildman–Crippen MR) is 93.1 cm³/mol. The third kappa shape index (κ3) is 4.36. The van der Waals surface area contributed by atoms with Gasteiger partial charge in [0.15, 0.2) is 0 Å². The van der Waals surface area contributed by atoms with Gasteiger partial charge in [-0.25, -0.2) is 4.39 Å². The summed E-state index contributed by atoms with van der Waals surface area (Å²) in [5, 5.41) is 3.95. The normalized spacial score (nSPS) is 12.4. The fraction of sp³-hybridized carbons (Fsp3) is 0.200. The molecule has 0 bridgehead atoms. The lowest BCUT2D eigenvalue weighted by Gasteiger charge is -2.18. The Kier molecular flexibility index (Phi) is 6.38. The van der Waals surface area contributed by atoms with Crippen LogP contribution < -0.4 is 5.32 Å². The average molecular weight is 409 g/mol. The van der Waals surface area contributed by atoms with Crippen LogP contribution in [0.2, 0.25) is 10.0 Å². The van der Waals surface area contributed by atoms with E-state index in [1.54, 1.807) is 23.9 Å². The van der Waals surface area contributed by atoms with Crippen molar-refractivity contribution in [3.05, 3.63) is 62.3 Å². The molecule has 2 aromatic rings. The maximum atomic E-state index is 14.2. The highest BCUT2D eigenvalue weighted by Gasteiger charge is 2.18. The minimum absolute atomic E-state index is 0.115. The zero-order valence-corrected chi connectivity index (χ0v) is 15.1. The minimum Gasteiger partial charge on any atom is -0.312 e. The molecule has 0 amide bonds. The number of hydrogen-bond acceptors (Lipinski definition) is 2. The van der Waals surface area contributed by atoms with Gasteiger partial charge in [-0.05, 0) is 53.3 Å². The summed E-state index contributed by atoms with van der Waals surface area (Å²) in [6, 6.07) is 11.0. The van der Waals surface area contributed by atoms with Gasteiger partial charge >= 0.3 is 0 Å². The van der Waals surface area contributed by atoms with E-state index in [9.17, 15) is 4.39 Å². The summed E-state index contributed by atoms with van der Waals surface area (Å²) in [5.41, 5.74) is 0.562. The monoisotopic (exact) mass is 407 g/mol. The van der Waals surface area contributed by atoms with Crippen LogP contribution in [0, 0.1) is 5.82 Å². The van der Waals surface area contributed by atoms with Gasteiger partial charge < -0.3 is 5.32 Å². The lowest BCUT2D eigenvalue weighted by molar-refractivity contribution is 0.565. The summed E-state index contributed by atoms with van der Waals surface area (Å²) in [5.74, 6) is 0.301. The van der Waals surface area contributed by atoms with Crippen molar-refractivity contribution in [3.8, 4) is 0 Å². The molecule has 0 radical (unpaired) electrons. The number of nitrogens with one attached hydrogen (secondary N) is 1. The van der Waals surface area contributed by atoms with Crippen LogP contribution in [-0.4, -0.2) is 12.8 Å². The second-order valence-electron chi connectivity index (χ2n) is 4.37. The van der Waals surface area contributed by atoms with Gasteiger partial charge in [-0.1, -0.05) is 29.3 Å². The highest BCUT2D eigenvalue weighted by Crippen LogP contribution is 2.32. The lowest BCUT2D eigenvalue weighted by Crippen LogP contribution is -2.20. The van der Waals surface area contributed by atoms with Gasteiger partial charge in [0.1, 0.15) is 5.82 Å². The standard InChI is InChI=1S/C15H13BrCl2FNS/c1-20-13(8-21-10-4-2-9(17)3-5-10)11-6-7-12(16)14(18)15(11)19/h2-7,13,20H,8H2,1H3. The first-order valence-corrected chi connectivity index (χ1v) is 8.75. The summed E-state index contributed by atoms with van der Waals surface area (Å²) in [6.07, 6.45) is 0. The van der Waals surface area contributed by atoms with Crippen molar-refractivity contribution in [2.24, 2.45) is 0 Å². The summed E-state index contributed by atoms with van der Waals surface area (Å²) in [6.45, 7) is 0. The predicted octanol–water partition coefficient (Wildman–Crippen LogP) is 5.95. The molecule has 1 atom stereocenters. The highest BCUT2D eigenvalue weighted by atomic mass is 79.9. The fourth-order valence-corrected chi connectivity index (χ4v) is 3.49. The average Bonchev–Trinajstić information content (AvgIpc) is 2.49. The molecule has 0 saturated carbocycles. The molecule has 112 valence electrons. The Morgan fingerprint density at radius 1 is 1.19 bits per heavy atom. The number of rotatable bonds is 5. The first-order chi connectivity index (χ1) is 10.0. The molecule has 2 aromatic carbocycles. The smallest absolute Gasteiger partial charge is 0.147 e. The SMILES string of the molecule is CNC(CSc1ccc(Cl)cc1)c1ccc(Br)c(Cl)c1F. The van der Waals surface area contributed by atoms with Gasteiger partial charge in [-0.3, -0.25) is 0 Å². The van der Waals surface area contributed by atoms with E-state index in [-0.39, 0.29) is 16.9 Å². The second kappa shape index (κ2) is 7.84. The van der Waals surface area contributed by atoms with Crippen LogP contribution in [0.1, 0.15) is 11.6 Å². The van der Waals surface area contributed by atoms with E-state index >= 15 is 0 Å². The molecule has 0 fully saturated rings. The molecule has 0 spiro atoms. The number of hydrogen-bond donors (Lipinski definition) is 1.